The van der Waals surface area contributed by atoms with E-state index in [4.69, 9.17) is 0 Å². The van der Waals surface area contributed by atoms with Crippen molar-refractivity contribution in [3.8, 4) is 0 Å². The SMILES string of the molecule is CCn1c(C(=O)N(C)C)nc2c1N(C)CN=C2N[C@H]1CCN(C(=O)C2CC2)C1. The highest BCUT2D eigenvalue weighted by Crippen LogP contribution is 2.32. The maximum absolute atomic E-state index is 12.6. The first-order valence-electron chi connectivity index (χ1n) is 10.0. The second-order valence-corrected chi connectivity index (χ2v) is 8.09. The molecule has 9 heteroatoms. The van der Waals surface area contributed by atoms with Gasteiger partial charge < -0.3 is 24.6 Å². The summed E-state index contributed by atoms with van der Waals surface area (Å²) >= 11 is 0. The lowest BCUT2D eigenvalue weighted by atomic mass is 10.2. The fourth-order valence-electron chi connectivity index (χ4n) is 3.95. The van der Waals surface area contributed by atoms with E-state index in [1.165, 1.54) is 0 Å². The number of amidine groups is 1. The molecule has 0 unspecified atom stereocenters. The average Bonchev–Trinajstić information content (AvgIpc) is 3.29. The van der Waals surface area contributed by atoms with Gasteiger partial charge in [-0.15, -0.1) is 0 Å². The van der Waals surface area contributed by atoms with E-state index in [1.807, 2.05) is 28.3 Å². The number of fused-ring (bicyclic) bond motifs is 1. The molecule has 0 radical (unpaired) electrons. The number of amides is 2. The van der Waals surface area contributed by atoms with Crippen LogP contribution in [0.15, 0.2) is 4.99 Å². The first-order valence-corrected chi connectivity index (χ1v) is 10.0. The third-order valence-corrected chi connectivity index (χ3v) is 5.65. The molecule has 9 nitrogen and oxygen atoms in total. The van der Waals surface area contributed by atoms with Crippen molar-refractivity contribution in [2.45, 2.75) is 38.8 Å². The number of carbonyl (C=O) groups is 2. The van der Waals surface area contributed by atoms with Gasteiger partial charge in [-0.25, -0.2) is 9.98 Å². The van der Waals surface area contributed by atoms with Gasteiger partial charge in [0, 0.05) is 52.7 Å². The number of aliphatic imine (C=N–C) groups is 1. The van der Waals surface area contributed by atoms with Crippen LogP contribution in [-0.2, 0) is 11.3 Å². The quantitative estimate of drug-likeness (QED) is 0.806. The van der Waals surface area contributed by atoms with E-state index in [-0.39, 0.29) is 17.9 Å². The molecule has 1 aromatic rings. The number of aromatic nitrogens is 2. The van der Waals surface area contributed by atoms with E-state index < -0.39 is 0 Å². The van der Waals surface area contributed by atoms with Crippen LogP contribution >= 0.6 is 0 Å². The van der Waals surface area contributed by atoms with Crippen LogP contribution in [0.4, 0.5) is 5.82 Å². The van der Waals surface area contributed by atoms with Crippen molar-refractivity contribution in [1.82, 2.24) is 24.7 Å². The number of hydrogen-bond acceptors (Lipinski definition) is 6. The first kappa shape index (κ1) is 18.8. The number of anilines is 1. The van der Waals surface area contributed by atoms with Crippen LogP contribution < -0.4 is 10.2 Å². The number of hydrogen-bond donors (Lipinski definition) is 1. The number of imidazole rings is 1. The van der Waals surface area contributed by atoms with E-state index in [2.05, 4.69) is 15.3 Å². The zero-order chi connectivity index (χ0) is 20.0. The predicted octanol–water partition coefficient (Wildman–Crippen LogP) is 0.359. The van der Waals surface area contributed by atoms with Crippen LogP contribution in [0, 0.1) is 5.92 Å². The molecule has 3 aliphatic rings. The molecule has 1 atom stereocenters. The number of likely N-dealkylation sites (tertiary alicyclic amines) is 1. The summed E-state index contributed by atoms with van der Waals surface area (Å²) in [6.07, 6.45) is 2.97. The third kappa shape index (κ3) is 3.22. The molecule has 1 aromatic heterocycles. The molecular weight excluding hydrogens is 358 g/mol. The minimum atomic E-state index is -0.119. The summed E-state index contributed by atoms with van der Waals surface area (Å²) in [5.74, 6) is 2.49. The largest absolute Gasteiger partial charge is 0.364 e. The van der Waals surface area contributed by atoms with Crippen LogP contribution in [0.2, 0.25) is 0 Å². The van der Waals surface area contributed by atoms with E-state index >= 15 is 0 Å². The molecule has 1 saturated heterocycles. The van der Waals surface area contributed by atoms with Gasteiger partial charge in [0.25, 0.3) is 5.91 Å². The Morgan fingerprint density at radius 2 is 2.00 bits per heavy atom. The van der Waals surface area contributed by atoms with Gasteiger partial charge in [0.15, 0.2) is 5.84 Å². The van der Waals surface area contributed by atoms with Gasteiger partial charge in [0.1, 0.15) is 18.2 Å². The minimum Gasteiger partial charge on any atom is -0.364 e. The molecule has 2 amide bonds. The van der Waals surface area contributed by atoms with Crippen molar-refractivity contribution in [1.29, 1.82) is 0 Å². The predicted molar refractivity (Wildman–Crippen MR) is 107 cm³/mol. The molecule has 0 spiro atoms. The smallest absolute Gasteiger partial charge is 0.289 e. The summed E-state index contributed by atoms with van der Waals surface area (Å²) in [5.41, 5.74) is 0.716. The summed E-state index contributed by atoms with van der Waals surface area (Å²) in [6.45, 7) is 4.67. The fraction of sp³-hybridized carbons (Fsp3) is 0.684. The normalized spacial score (nSPS) is 21.4. The van der Waals surface area contributed by atoms with Crippen LogP contribution in [0.1, 0.15) is 42.5 Å². The molecule has 0 bridgehead atoms. The van der Waals surface area contributed by atoms with Crippen LogP contribution in [-0.4, -0.2) is 83.9 Å². The number of carbonyl (C=O) groups excluding carboxylic acids is 2. The van der Waals surface area contributed by atoms with Gasteiger partial charge in [-0.2, -0.15) is 0 Å². The zero-order valence-corrected chi connectivity index (χ0v) is 17.1. The zero-order valence-electron chi connectivity index (χ0n) is 17.1. The molecule has 3 heterocycles. The van der Waals surface area contributed by atoms with Crippen molar-refractivity contribution in [2.24, 2.45) is 10.9 Å². The Morgan fingerprint density at radius 1 is 1.25 bits per heavy atom. The standard InChI is InChI=1S/C19H29N7O2/c1-5-26-16(19(28)23(2)3)22-14-15(20-11-24(4)17(14)26)21-13-8-9-25(10-13)18(27)12-6-7-12/h12-13H,5-11H2,1-4H3,(H,20,21)/t13-/m0/s1. The minimum absolute atomic E-state index is 0.119. The highest BCUT2D eigenvalue weighted by Gasteiger charge is 2.37. The Hall–Kier alpha value is -2.58. The second-order valence-electron chi connectivity index (χ2n) is 8.09. The molecule has 4 rings (SSSR count). The van der Waals surface area contributed by atoms with Crippen molar-refractivity contribution >= 4 is 23.5 Å². The van der Waals surface area contributed by atoms with E-state index in [0.717, 1.165) is 37.5 Å². The molecule has 2 fully saturated rings. The molecule has 1 aliphatic carbocycles. The molecule has 1 saturated carbocycles. The third-order valence-electron chi connectivity index (χ3n) is 5.65. The average molecular weight is 387 g/mol. The summed E-state index contributed by atoms with van der Waals surface area (Å²) in [6, 6.07) is 0.164. The number of rotatable bonds is 4. The molecular formula is C19H29N7O2. The summed E-state index contributed by atoms with van der Waals surface area (Å²) in [5, 5.41) is 3.50. The topological polar surface area (TPSA) is 86.1 Å². The Kier molecular flexibility index (Phi) is 4.76. The van der Waals surface area contributed by atoms with Gasteiger partial charge in [-0.1, -0.05) is 0 Å². The molecule has 28 heavy (non-hydrogen) atoms. The molecule has 152 valence electrons. The summed E-state index contributed by atoms with van der Waals surface area (Å²) < 4.78 is 1.95. The Morgan fingerprint density at radius 3 is 2.64 bits per heavy atom. The maximum atomic E-state index is 12.6. The van der Waals surface area contributed by atoms with Crippen molar-refractivity contribution in [2.75, 3.05) is 45.8 Å². The molecule has 2 aliphatic heterocycles. The lowest BCUT2D eigenvalue weighted by Crippen LogP contribution is -2.42. The molecule has 1 N–H and O–H groups in total. The Balaban J connectivity index is 1.56. The van der Waals surface area contributed by atoms with Crippen molar-refractivity contribution in [3.05, 3.63) is 11.5 Å². The van der Waals surface area contributed by atoms with Gasteiger partial charge in [-0.3, -0.25) is 9.59 Å². The maximum Gasteiger partial charge on any atom is 0.289 e. The number of nitrogens with zero attached hydrogens (tertiary/aromatic N) is 6. The van der Waals surface area contributed by atoms with E-state index in [1.54, 1.807) is 19.0 Å². The van der Waals surface area contributed by atoms with Crippen LogP contribution in [0.3, 0.4) is 0 Å². The van der Waals surface area contributed by atoms with Crippen LogP contribution in [0.25, 0.3) is 0 Å². The van der Waals surface area contributed by atoms with Crippen molar-refractivity contribution < 1.29 is 9.59 Å². The van der Waals surface area contributed by atoms with E-state index in [9.17, 15) is 9.59 Å². The fourth-order valence-corrected chi connectivity index (χ4v) is 3.95. The molecule has 0 aromatic carbocycles. The van der Waals surface area contributed by atoms with E-state index in [0.29, 0.717) is 37.2 Å². The lowest BCUT2D eigenvalue weighted by molar-refractivity contribution is -0.131. The second kappa shape index (κ2) is 7.10. The van der Waals surface area contributed by atoms with Gasteiger partial charge >= 0.3 is 0 Å². The van der Waals surface area contributed by atoms with Gasteiger partial charge in [0.2, 0.25) is 11.7 Å². The Bertz CT molecular complexity index is 824. The first-order chi connectivity index (χ1) is 13.4. The van der Waals surface area contributed by atoms with Gasteiger partial charge in [0.05, 0.1) is 0 Å². The Labute approximate surface area is 165 Å². The van der Waals surface area contributed by atoms with Gasteiger partial charge in [-0.05, 0) is 26.2 Å². The summed E-state index contributed by atoms with van der Waals surface area (Å²) in [7, 11) is 5.43. The van der Waals surface area contributed by atoms with Crippen molar-refractivity contribution in [3.63, 3.8) is 0 Å². The van der Waals surface area contributed by atoms with Crippen LogP contribution in [0.5, 0.6) is 0 Å². The monoisotopic (exact) mass is 387 g/mol. The number of nitrogens with one attached hydrogen (secondary N) is 1. The highest BCUT2D eigenvalue weighted by atomic mass is 16.2. The highest BCUT2D eigenvalue weighted by molar-refractivity contribution is 6.04. The summed E-state index contributed by atoms with van der Waals surface area (Å²) in [4.78, 5) is 39.8. The lowest BCUT2D eigenvalue weighted by Gasteiger charge is -2.26.